The van der Waals surface area contributed by atoms with E-state index in [4.69, 9.17) is 0 Å². The lowest BCUT2D eigenvalue weighted by atomic mass is 10.2. The van der Waals surface area contributed by atoms with E-state index in [1.54, 1.807) is 7.05 Å². The van der Waals surface area contributed by atoms with Gasteiger partial charge in [0.15, 0.2) is 10.9 Å². The normalized spacial score (nSPS) is 14.3. The number of hydrogen-bond acceptors (Lipinski definition) is 6. The monoisotopic (exact) mass is 508 g/mol. The van der Waals surface area contributed by atoms with Crippen LogP contribution in [0, 0.1) is 11.6 Å². The number of aromatic nitrogens is 1. The van der Waals surface area contributed by atoms with Gasteiger partial charge in [-0.25, -0.2) is 22.2 Å². The van der Waals surface area contributed by atoms with Gasteiger partial charge in [-0.1, -0.05) is 11.3 Å². The van der Waals surface area contributed by atoms with E-state index in [-0.39, 0.29) is 27.1 Å². The maximum absolute atomic E-state index is 14.2. The second kappa shape index (κ2) is 9.65. The van der Waals surface area contributed by atoms with Crippen molar-refractivity contribution in [1.29, 1.82) is 0 Å². The summed E-state index contributed by atoms with van der Waals surface area (Å²) in [6, 6.07) is 7.78. The maximum Gasteiger partial charge on any atom is 0.260 e. The maximum atomic E-state index is 14.2. The Labute approximate surface area is 201 Å². The predicted molar refractivity (Wildman–Crippen MR) is 129 cm³/mol. The summed E-state index contributed by atoms with van der Waals surface area (Å²) in [7, 11) is 1.77. The number of fused-ring (bicyclic) bond motifs is 1. The largest absolute Gasteiger partial charge is 0.309 e. The number of thiazole rings is 1. The zero-order chi connectivity index (χ0) is 24.6. The van der Waals surface area contributed by atoms with Crippen molar-refractivity contribution >= 4 is 42.6 Å². The highest BCUT2D eigenvalue weighted by Crippen LogP contribution is 2.33. The molecular weight excluding hydrogens is 482 g/mol. The van der Waals surface area contributed by atoms with Gasteiger partial charge in [0.1, 0.15) is 11.3 Å². The Balaban J connectivity index is 1.63. The van der Waals surface area contributed by atoms with Crippen LogP contribution in [0.2, 0.25) is 0 Å². The average Bonchev–Trinajstić information content (AvgIpc) is 3.55. The third-order valence-corrected chi connectivity index (χ3v) is 8.65. The molecular formula is C23H26F2N4O3S2. The quantitative estimate of drug-likeness (QED) is 0.438. The van der Waals surface area contributed by atoms with Crippen molar-refractivity contribution in [3.05, 3.63) is 53.6 Å². The van der Waals surface area contributed by atoms with Crippen LogP contribution >= 0.6 is 11.3 Å². The SMILES string of the molecule is CN(C)CCCN(C(=O)c1ccc(S(=O)(=O)N(C)C2CC2)cc1)c1nc2c(F)cc(F)cc2s1. The first-order valence-corrected chi connectivity index (χ1v) is 13.1. The Morgan fingerprint density at radius 1 is 1.09 bits per heavy atom. The number of amides is 1. The number of carbonyl (C=O) groups excluding carboxylic acids is 1. The van der Waals surface area contributed by atoms with Gasteiger partial charge in [0.05, 0.1) is 9.60 Å². The molecule has 0 atom stereocenters. The zero-order valence-electron chi connectivity index (χ0n) is 19.2. The van der Waals surface area contributed by atoms with Crippen molar-refractivity contribution in [2.45, 2.75) is 30.2 Å². The van der Waals surface area contributed by atoms with E-state index in [9.17, 15) is 22.0 Å². The van der Waals surface area contributed by atoms with Gasteiger partial charge in [-0.2, -0.15) is 4.31 Å². The van der Waals surface area contributed by atoms with Crippen LogP contribution in [0.1, 0.15) is 29.6 Å². The van der Waals surface area contributed by atoms with Crippen molar-refractivity contribution in [1.82, 2.24) is 14.2 Å². The second-order valence-corrected chi connectivity index (χ2v) is 11.6. The number of benzene rings is 2. The molecule has 0 spiro atoms. The van der Waals surface area contributed by atoms with Crippen molar-refractivity contribution in [3.8, 4) is 0 Å². The van der Waals surface area contributed by atoms with Gasteiger partial charge in [0.2, 0.25) is 10.0 Å². The molecule has 0 unspecified atom stereocenters. The Morgan fingerprint density at radius 3 is 2.38 bits per heavy atom. The van der Waals surface area contributed by atoms with E-state index in [1.807, 2.05) is 19.0 Å². The molecule has 1 heterocycles. The first-order chi connectivity index (χ1) is 16.1. The lowest BCUT2D eigenvalue weighted by molar-refractivity contribution is 0.0986. The van der Waals surface area contributed by atoms with E-state index >= 15 is 0 Å². The minimum atomic E-state index is -3.63. The van der Waals surface area contributed by atoms with Crippen LogP contribution in [0.4, 0.5) is 13.9 Å². The minimum absolute atomic E-state index is 0.0105. The molecule has 1 saturated carbocycles. The smallest absolute Gasteiger partial charge is 0.260 e. The molecule has 34 heavy (non-hydrogen) atoms. The molecule has 0 aliphatic heterocycles. The second-order valence-electron chi connectivity index (χ2n) is 8.62. The summed E-state index contributed by atoms with van der Waals surface area (Å²) >= 11 is 1.03. The Bertz CT molecular complexity index is 1310. The van der Waals surface area contributed by atoms with Crippen LogP contribution in [0.25, 0.3) is 10.2 Å². The van der Waals surface area contributed by atoms with Gasteiger partial charge >= 0.3 is 0 Å². The van der Waals surface area contributed by atoms with Gasteiger partial charge in [0.25, 0.3) is 5.91 Å². The van der Waals surface area contributed by atoms with Crippen LogP contribution in [0.3, 0.4) is 0 Å². The number of anilines is 1. The van der Waals surface area contributed by atoms with Crippen molar-refractivity contribution in [2.24, 2.45) is 0 Å². The fourth-order valence-electron chi connectivity index (χ4n) is 3.62. The van der Waals surface area contributed by atoms with Crippen molar-refractivity contribution in [3.63, 3.8) is 0 Å². The van der Waals surface area contributed by atoms with E-state index < -0.39 is 27.6 Å². The first-order valence-electron chi connectivity index (χ1n) is 10.9. The molecule has 1 fully saturated rings. The molecule has 4 rings (SSSR count). The average molecular weight is 509 g/mol. The molecule has 2 aromatic carbocycles. The molecule has 1 aliphatic rings. The highest BCUT2D eigenvalue weighted by atomic mass is 32.2. The topological polar surface area (TPSA) is 73.8 Å². The summed E-state index contributed by atoms with van der Waals surface area (Å²) in [4.78, 5) is 21.2. The third kappa shape index (κ3) is 5.12. The van der Waals surface area contributed by atoms with E-state index in [1.165, 1.54) is 39.5 Å². The van der Waals surface area contributed by atoms with Crippen LogP contribution < -0.4 is 4.90 Å². The van der Waals surface area contributed by atoms with Gasteiger partial charge in [-0.05, 0) is 70.2 Å². The molecule has 0 radical (unpaired) electrons. The lowest BCUT2D eigenvalue weighted by Crippen LogP contribution is -2.33. The molecule has 11 heteroatoms. The number of nitrogens with zero attached hydrogens (tertiary/aromatic N) is 4. The highest BCUT2D eigenvalue weighted by Gasteiger charge is 2.35. The standard InChI is InChI=1S/C23H26F2N4O3S2/c1-27(2)11-4-12-29(23-26-21-19(25)13-16(24)14-20(21)33-23)22(30)15-5-9-18(10-6-15)34(31,32)28(3)17-7-8-17/h5-6,9-10,13-14,17H,4,7-8,11-12H2,1-3H3. The molecule has 182 valence electrons. The van der Waals surface area contributed by atoms with Crippen molar-refractivity contribution < 1.29 is 22.0 Å². The molecule has 0 saturated heterocycles. The molecule has 7 nitrogen and oxygen atoms in total. The predicted octanol–water partition coefficient (Wildman–Crippen LogP) is 3.96. The zero-order valence-corrected chi connectivity index (χ0v) is 20.8. The van der Waals surface area contributed by atoms with Crippen LogP contribution in [0.5, 0.6) is 0 Å². The van der Waals surface area contributed by atoms with Crippen LogP contribution in [0.15, 0.2) is 41.3 Å². The van der Waals surface area contributed by atoms with Gasteiger partial charge in [-0.3, -0.25) is 9.69 Å². The number of carbonyl (C=O) groups is 1. The molecule has 1 aromatic heterocycles. The number of sulfonamides is 1. The fraction of sp³-hybridized carbons (Fsp3) is 0.391. The Morgan fingerprint density at radius 2 is 1.76 bits per heavy atom. The van der Waals surface area contributed by atoms with Gasteiger partial charge in [0, 0.05) is 31.3 Å². The highest BCUT2D eigenvalue weighted by molar-refractivity contribution is 7.89. The molecule has 1 amide bonds. The van der Waals surface area contributed by atoms with Crippen LogP contribution in [-0.4, -0.2) is 68.8 Å². The molecule has 0 N–H and O–H groups in total. The summed E-state index contributed by atoms with van der Waals surface area (Å²) in [6.45, 7) is 1.02. The van der Waals surface area contributed by atoms with Crippen molar-refractivity contribution in [2.75, 3.05) is 39.1 Å². The summed E-state index contributed by atoms with van der Waals surface area (Å²) in [6.07, 6.45) is 2.33. The lowest BCUT2D eigenvalue weighted by Gasteiger charge is -2.21. The summed E-state index contributed by atoms with van der Waals surface area (Å²) in [5.74, 6) is -1.88. The van der Waals surface area contributed by atoms with Gasteiger partial charge < -0.3 is 4.90 Å². The number of hydrogen-bond donors (Lipinski definition) is 0. The number of rotatable bonds is 9. The summed E-state index contributed by atoms with van der Waals surface area (Å²) in [5.41, 5.74) is 0.292. The Kier molecular flexibility index (Phi) is 6.99. The summed E-state index contributed by atoms with van der Waals surface area (Å²) < 4.78 is 55.1. The molecule has 0 bridgehead atoms. The van der Waals surface area contributed by atoms with E-state index in [0.29, 0.717) is 24.2 Å². The van der Waals surface area contributed by atoms with Gasteiger partial charge in [-0.15, -0.1) is 0 Å². The van der Waals surface area contributed by atoms with E-state index in [2.05, 4.69) is 4.98 Å². The van der Waals surface area contributed by atoms with E-state index in [0.717, 1.165) is 30.2 Å². The van der Waals surface area contributed by atoms with Crippen LogP contribution in [-0.2, 0) is 10.0 Å². The molecule has 1 aliphatic carbocycles. The third-order valence-electron chi connectivity index (χ3n) is 5.70. The molecule has 3 aromatic rings. The Hall–Kier alpha value is -2.47. The summed E-state index contributed by atoms with van der Waals surface area (Å²) in [5, 5.41) is 0.258. The minimum Gasteiger partial charge on any atom is -0.309 e. The fourth-order valence-corrected chi connectivity index (χ4v) is 6.06. The number of halogens is 2. The first kappa shape index (κ1) is 24.6.